The Hall–Kier alpha value is -2.16. The van der Waals surface area contributed by atoms with E-state index in [0.29, 0.717) is 22.7 Å². The number of anilines is 1. The van der Waals surface area contributed by atoms with Crippen LogP contribution in [0.3, 0.4) is 0 Å². The molecule has 1 unspecified atom stereocenters. The third-order valence-electron chi connectivity index (χ3n) is 4.00. The van der Waals surface area contributed by atoms with Crippen molar-refractivity contribution in [3.05, 3.63) is 64.5 Å². The molecule has 0 bridgehead atoms. The summed E-state index contributed by atoms with van der Waals surface area (Å²) in [4.78, 5) is 12.4. The average molecular weight is 285 g/mol. The monoisotopic (exact) mass is 285 g/mol. The maximum atomic E-state index is 13.7. The predicted octanol–water partition coefficient (Wildman–Crippen LogP) is 4.46. The second-order valence-corrected chi connectivity index (χ2v) is 5.43. The first-order valence-electron chi connectivity index (χ1n) is 7.14. The van der Waals surface area contributed by atoms with Gasteiger partial charge in [0.2, 0.25) is 0 Å². The van der Waals surface area contributed by atoms with E-state index in [1.165, 1.54) is 17.7 Å². The highest BCUT2D eigenvalue weighted by Gasteiger charge is 2.13. The number of rotatable bonds is 4. The molecule has 0 amide bonds. The van der Waals surface area contributed by atoms with Crippen molar-refractivity contribution in [3.63, 3.8) is 0 Å². The van der Waals surface area contributed by atoms with Crippen LogP contribution in [0, 0.1) is 12.7 Å². The van der Waals surface area contributed by atoms with Crippen molar-refractivity contribution >= 4 is 11.5 Å². The number of carbonyl (C=O) groups excluding carboxylic acids is 1. The van der Waals surface area contributed by atoms with Gasteiger partial charge in [-0.3, -0.25) is 4.79 Å². The molecule has 0 saturated carbocycles. The van der Waals surface area contributed by atoms with Crippen LogP contribution in [-0.4, -0.2) is 5.78 Å². The lowest BCUT2D eigenvalue weighted by Gasteiger charge is -2.10. The highest BCUT2D eigenvalue weighted by atomic mass is 19.1. The Bertz CT molecular complexity index is 638. The summed E-state index contributed by atoms with van der Waals surface area (Å²) < 4.78 is 13.7. The smallest absolute Gasteiger partial charge is 0.193 e. The Balaban J connectivity index is 2.32. The number of hydrogen-bond acceptors (Lipinski definition) is 2. The zero-order valence-corrected chi connectivity index (χ0v) is 12.6. The first-order valence-corrected chi connectivity index (χ1v) is 7.14. The van der Waals surface area contributed by atoms with Crippen LogP contribution in [0.5, 0.6) is 0 Å². The molecule has 1 atom stereocenters. The van der Waals surface area contributed by atoms with E-state index < -0.39 is 5.82 Å². The minimum atomic E-state index is -0.449. The van der Waals surface area contributed by atoms with Gasteiger partial charge < -0.3 is 5.73 Å². The molecule has 2 N–H and O–H groups in total. The topological polar surface area (TPSA) is 43.1 Å². The van der Waals surface area contributed by atoms with Crippen LogP contribution < -0.4 is 5.73 Å². The van der Waals surface area contributed by atoms with E-state index in [1.807, 2.05) is 12.1 Å². The first-order chi connectivity index (χ1) is 9.93. The van der Waals surface area contributed by atoms with E-state index in [0.717, 1.165) is 6.42 Å². The highest BCUT2D eigenvalue weighted by molar-refractivity contribution is 6.09. The van der Waals surface area contributed by atoms with Crippen LogP contribution in [0.2, 0.25) is 0 Å². The molecular formula is C18H20FNO. The molecule has 0 saturated heterocycles. The fourth-order valence-corrected chi connectivity index (χ4v) is 2.20. The van der Waals surface area contributed by atoms with Crippen molar-refractivity contribution in [2.75, 3.05) is 5.73 Å². The molecule has 2 nitrogen and oxygen atoms in total. The van der Waals surface area contributed by atoms with Crippen LogP contribution in [-0.2, 0) is 0 Å². The molecule has 0 aliphatic heterocycles. The summed E-state index contributed by atoms with van der Waals surface area (Å²) in [7, 11) is 0. The number of hydrogen-bond donors (Lipinski definition) is 1. The lowest BCUT2D eigenvalue weighted by Crippen LogP contribution is -2.05. The number of nitrogen functional groups attached to an aromatic ring is 1. The van der Waals surface area contributed by atoms with Crippen molar-refractivity contribution in [3.8, 4) is 0 Å². The van der Waals surface area contributed by atoms with Crippen molar-refractivity contribution in [2.24, 2.45) is 0 Å². The van der Waals surface area contributed by atoms with E-state index >= 15 is 0 Å². The predicted molar refractivity (Wildman–Crippen MR) is 84.1 cm³/mol. The SMILES string of the molecule is CCC(C)c1ccc(C(=O)c2cc(N)c(C)c(F)c2)cc1. The molecule has 110 valence electrons. The van der Waals surface area contributed by atoms with Gasteiger partial charge in [0.05, 0.1) is 0 Å². The van der Waals surface area contributed by atoms with Gasteiger partial charge in [0.1, 0.15) is 5.82 Å². The molecule has 3 heteroatoms. The molecule has 2 aromatic rings. The summed E-state index contributed by atoms with van der Waals surface area (Å²) in [5.74, 6) is -0.201. The van der Waals surface area contributed by atoms with Crippen LogP contribution in [0.1, 0.15) is 53.2 Å². The summed E-state index contributed by atoms with van der Waals surface area (Å²) in [6.45, 7) is 5.87. The van der Waals surface area contributed by atoms with Crippen LogP contribution in [0.15, 0.2) is 36.4 Å². The van der Waals surface area contributed by atoms with Crippen molar-refractivity contribution in [1.29, 1.82) is 0 Å². The van der Waals surface area contributed by atoms with Crippen molar-refractivity contribution in [1.82, 2.24) is 0 Å². The fourth-order valence-electron chi connectivity index (χ4n) is 2.20. The summed E-state index contributed by atoms with van der Waals surface area (Å²) in [5.41, 5.74) is 8.43. The zero-order chi connectivity index (χ0) is 15.6. The molecule has 0 aliphatic carbocycles. The molecule has 0 radical (unpaired) electrons. The van der Waals surface area contributed by atoms with E-state index in [9.17, 15) is 9.18 Å². The molecular weight excluding hydrogens is 265 g/mol. The fraction of sp³-hybridized carbons (Fsp3) is 0.278. The van der Waals surface area contributed by atoms with Gasteiger partial charge in [-0.15, -0.1) is 0 Å². The minimum absolute atomic E-state index is 0.212. The minimum Gasteiger partial charge on any atom is -0.398 e. The Morgan fingerprint density at radius 2 is 1.81 bits per heavy atom. The quantitative estimate of drug-likeness (QED) is 0.665. The molecule has 2 aromatic carbocycles. The third-order valence-corrected chi connectivity index (χ3v) is 4.00. The zero-order valence-electron chi connectivity index (χ0n) is 12.6. The average Bonchev–Trinajstić information content (AvgIpc) is 2.50. The number of halogens is 1. The maximum absolute atomic E-state index is 13.7. The van der Waals surface area contributed by atoms with Crippen molar-refractivity contribution in [2.45, 2.75) is 33.1 Å². The van der Waals surface area contributed by atoms with E-state index in [-0.39, 0.29) is 11.3 Å². The first kappa shape index (κ1) is 15.2. The summed E-state index contributed by atoms with van der Waals surface area (Å²) in [5, 5.41) is 0. The molecule has 0 aliphatic rings. The summed E-state index contributed by atoms with van der Waals surface area (Å²) in [6, 6.07) is 10.3. The molecule has 0 aromatic heterocycles. The van der Waals surface area contributed by atoms with Gasteiger partial charge in [0, 0.05) is 22.4 Å². The second kappa shape index (κ2) is 6.08. The van der Waals surface area contributed by atoms with Gasteiger partial charge in [-0.05, 0) is 37.0 Å². The molecule has 0 heterocycles. The van der Waals surface area contributed by atoms with E-state index in [4.69, 9.17) is 5.73 Å². The number of benzene rings is 2. The molecule has 0 spiro atoms. The number of ketones is 1. The largest absolute Gasteiger partial charge is 0.398 e. The Kier molecular flexibility index (Phi) is 4.41. The van der Waals surface area contributed by atoms with E-state index in [2.05, 4.69) is 13.8 Å². The normalized spacial score (nSPS) is 12.2. The summed E-state index contributed by atoms with van der Waals surface area (Å²) in [6.07, 6.45) is 1.05. The van der Waals surface area contributed by atoms with Crippen molar-refractivity contribution < 1.29 is 9.18 Å². The Labute approximate surface area is 124 Å². The van der Waals surface area contributed by atoms with Crippen LogP contribution in [0.4, 0.5) is 10.1 Å². The standard InChI is InChI=1S/C18H20FNO/c1-4-11(2)13-5-7-14(8-6-13)18(21)15-9-16(19)12(3)17(20)10-15/h5-11H,4,20H2,1-3H3. The van der Waals surface area contributed by atoms with Gasteiger partial charge in [0.15, 0.2) is 5.78 Å². The van der Waals surface area contributed by atoms with E-state index in [1.54, 1.807) is 19.1 Å². The lowest BCUT2D eigenvalue weighted by atomic mass is 9.95. The molecule has 0 fully saturated rings. The maximum Gasteiger partial charge on any atom is 0.193 e. The van der Waals surface area contributed by atoms with Crippen LogP contribution >= 0.6 is 0 Å². The second-order valence-electron chi connectivity index (χ2n) is 5.43. The van der Waals surface area contributed by atoms with Gasteiger partial charge in [0.25, 0.3) is 0 Å². The highest BCUT2D eigenvalue weighted by Crippen LogP contribution is 2.22. The molecule has 2 rings (SSSR count). The Morgan fingerprint density at radius 1 is 1.19 bits per heavy atom. The van der Waals surface area contributed by atoms with Gasteiger partial charge >= 0.3 is 0 Å². The lowest BCUT2D eigenvalue weighted by molar-refractivity contribution is 0.103. The Morgan fingerprint density at radius 3 is 2.33 bits per heavy atom. The van der Waals surface area contributed by atoms with Gasteiger partial charge in [-0.1, -0.05) is 38.1 Å². The van der Waals surface area contributed by atoms with Crippen LogP contribution in [0.25, 0.3) is 0 Å². The number of carbonyl (C=O) groups is 1. The molecule has 21 heavy (non-hydrogen) atoms. The third kappa shape index (κ3) is 3.13. The number of nitrogens with two attached hydrogens (primary N) is 1. The summed E-state index contributed by atoms with van der Waals surface area (Å²) >= 11 is 0. The van der Waals surface area contributed by atoms with Gasteiger partial charge in [-0.2, -0.15) is 0 Å². The van der Waals surface area contributed by atoms with Gasteiger partial charge in [-0.25, -0.2) is 4.39 Å².